The van der Waals surface area contributed by atoms with Gasteiger partial charge in [-0.05, 0) is 30.5 Å². The fraction of sp³-hybridized carbons (Fsp3) is 0.154. The minimum absolute atomic E-state index is 0.0482. The van der Waals surface area contributed by atoms with Gasteiger partial charge in [0, 0.05) is 6.20 Å². The van der Waals surface area contributed by atoms with Crippen LogP contribution in [0.4, 0.5) is 10.2 Å². The SMILES string of the molecule is Cc1cccc(Cc2cnc(N)c(F)c2)c1. The van der Waals surface area contributed by atoms with Gasteiger partial charge in [0.15, 0.2) is 11.6 Å². The molecular weight excluding hydrogens is 203 g/mol. The van der Waals surface area contributed by atoms with Crippen molar-refractivity contribution in [2.45, 2.75) is 13.3 Å². The van der Waals surface area contributed by atoms with Crippen molar-refractivity contribution in [2.24, 2.45) is 0 Å². The van der Waals surface area contributed by atoms with Crippen molar-refractivity contribution in [2.75, 3.05) is 5.73 Å². The molecule has 2 N–H and O–H groups in total. The first-order valence-electron chi connectivity index (χ1n) is 5.10. The average Bonchev–Trinajstić information content (AvgIpc) is 2.24. The van der Waals surface area contributed by atoms with Gasteiger partial charge in [-0.15, -0.1) is 0 Å². The van der Waals surface area contributed by atoms with Gasteiger partial charge in [0.25, 0.3) is 0 Å². The molecule has 1 aromatic heterocycles. The van der Waals surface area contributed by atoms with Crippen LogP contribution in [0.15, 0.2) is 36.5 Å². The zero-order valence-electron chi connectivity index (χ0n) is 9.07. The third-order valence-electron chi connectivity index (χ3n) is 2.42. The summed E-state index contributed by atoms with van der Waals surface area (Å²) in [6, 6.07) is 9.55. The lowest BCUT2D eigenvalue weighted by Gasteiger charge is -2.04. The van der Waals surface area contributed by atoms with Crippen molar-refractivity contribution in [1.29, 1.82) is 0 Å². The van der Waals surface area contributed by atoms with Crippen LogP contribution in [0.3, 0.4) is 0 Å². The fourth-order valence-corrected chi connectivity index (χ4v) is 1.64. The van der Waals surface area contributed by atoms with E-state index in [1.807, 2.05) is 25.1 Å². The van der Waals surface area contributed by atoms with Crippen LogP contribution in [0.1, 0.15) is 16.7 Å². The highest BCUT2D eigenvalue weighted by Gasteiger charge is 2.02. The Morgan fingerprint density at radius 1 is 1.25 bits per heavy atom. The number of nitrogens with zero attached hydrogens (tertiary/aromatic N) is 1. The van der Waals surface area contributed by atoms with Crippen LogP contribution in [0.25, 0.3) is 0 Å². The molecule has 0 saturated carbocycles. The lowest BCUT2D eigenvalue weighted by atomic mass is 10.0. The Balaban J connectivity index is 2.24. The Bertz CT molecular complexity index is 509. The minimum Gasteiger partial charge on any atom is -0.381 e. The first kappa shape index (κ1) is 10.6. The maximum Gasteiger partial charge on any atom is 0.165 e. The number of hydrogen-bond acceptors (Lipinski definition) is 2. The standard InChI is InChI=1S/C13H13FN2/c1-9-3-2-4-10(5-9)6-11-7-12(14)13(15)16-8-11/h2-5,7-8H,6H2,1H3,(H2,15,16). The van der Waals surface area contributed by atoms with Gasteiger partial charge in [-0.3, -0.25) is 0 Å². The third-order valence-corrected chi connectivity index (χ3v) is 2.42. The summed E-state index contributed by atoms with van der Waals surface area (Å²) in [4.78, 5) is 3.80. The normalized spacial score (nSPS) is 10.4. The number of aryl methyl sites for hydroxylation is 1. The fourth-order valence-electron chi connectivity index (χ4n) is 1.64. The second-order valence-electron chi connectivity index (χ2n) is 3.88. The molecular formula is C13H13FN2. The zero-order valence-corrected chi connectivity index (χ0v) is 9.07. The van der Waals surface area contributed by atoms with Crippen molar-refractivity contribution in [3.63, 3.8) is 0 Å². The van der Waals surface area contributed by atoms with Crippen molar-refractivity contribution in [1.82, 2.24) is 4.98 Å². The smallest absolute Gasteiger partial charge is 0.165 e. The van der Waals surface area contributed by atoms with Gasteiger partial charge in [0.2, 0.25) is 0 Å². The van der Waals surface area contributed by atoms with Gasteiger partial charge in [-0.1, -0.05) is 29.8 Å². The summed E-state index contributed by atoms with van der Waals surface area (Å²) in [6.07, 6.45) is 2.28. The van der Waals surface area contributed by atoms with Crippen molar-refractivity contribution < 1.29 is 4.39 Å². The first-order chi connectivity index (χ1) is 7.65. The number of pyridine rings is 1. The van der Waals surface area contributed by atoms with Crippen LogP contribution in [-0.2, 0) is 6.42 Å². The van der Waals surface area contributed by atoms with E-state index in [9.17, 15) is 4.39 Å². The molecule has 0 aliphatic carbocycles. The number of benzene rings is 1. The number of halogens is 1. The molecule has 16 heavy (non-hydrogen) atoms. The lowest BCUT2D eigenvalue weighted by molar-refractivity contribution is 0.625. The molecule has 2 nitrogen and oxygen atoms in total. The summed E-state index contributed by atoms with van der Waals surface area (Å²) >= 11 is 0. The summed E-state index contributed by atoms with van der Waals surface area (Å²) in [5, 5.41) is 0. The van der Waals surface area contributed by atoms with E-state index in [0.717, 1.165) is 11.1 Å². The van der Waals surface area contributed by atoms with E-state index >= 15 is 0 Å². The molecule has 0 fully saturated rings. The number of rotatable bonds is 2. The van der Waals surface area contributed by atoms with Gasteiger partial charge in [0.05, 0.1) is 0 Å². The number of anilines is 1. The summed E-state index contributed by atoms with van der Waals surface area (Å²) in [6.45, 7) is 2.03. The monoisotopic (exact) mass is 216 g/mol. The second kappa shape index (κ2) is 4.31. The van der Waals surface area contributed by atoms with E-state index in [2.05, 4.69) is 11.1 Å². The molecule has 2 aromatic rings. The van der Waals surface area contributed by atoms with Gasteiger partial charge in [-0.2, -0.15) is 0 Å². The Morgan fingerprint density at radius 3 is 2.75 bits per heavy atom. The zero-order chi connectivity index (χ0) is 11.5. The quantitative estimate of drug-likeness (QED) is 0.838. The minimum atomic E-state index is -0.454. The molecule has 0 aliphatic heterocycles. The van der Waals surface area contributed by atoms with Crippen LogP contribution in [0.5, 0.6) is 0 Å². The number of nitrogens with two attached hydrogens (primary N) is 1. The predicted octanol–water partition coefficient (Wildman–Crippen LogP) is 2.70. The van der Waals surface area contributed by atoms with Gasteiger partial charge >= 0.3 is 0 Å². The number of aromatic nitrogens is 1. The molecule has 0 bridgehead atoms. The molecule has 0 spiro atoms. The molecule has 0 unspecified atom stereocenters. The van der Waals surface area contributed by atoms with E-state index in [0.29, 0.717) is 6.42 Å². The maximum atomic E-state index is 13.2. The second-order valence-corrected chi connectivity index (χ2v) is 3.88. The van der Waals surface area contributed by atoms with Crippen molar-refractivity contribution in [3.8, 4) is 0 Å². The molecule has 0 aliphatic rings. The largest absolute Gasteiger partial charge is 0.381 e. The van der Waals surface area contributed by atoms with Gasteiger partial charge in [0.1, 0.15) is 0 Å². The first-order valence-corrected chi connectivity index (χ1v) is 5.10. The van der Waals surface area contributed by atoms with Crippen molar-refractivity contribution in [3.05, 3.63) is 59.0 Å². The summed E-state index contributed by atoms with van der Waals surface area (Å²) in [5.41, 5.74) is 8.49. The highest BCUT2D eigenvalue weighted by Crippen LogP contribution is 2.13. The highest BCUT2D eigenvalue weighted by atomic mass is 19.1. The van der Waals surface area contributed by atoms with E-state index in [-0.39, 0.29) is 5.82 Å². The highest BCUT2D eigenvalue weighted by molar-refractivity contribution is 5.34. The van der Waals surface area contributed by atoms with Crippen LogP contribution in [0, 0.1) is 12.7 Å². The molecule has 0 atom stereocenters. The molecule has 1 aromatic carbocycles. The Labute approximate surface area is 93.9 Å². The van der Waals surface area contributed by atoms with E-state index < -0.39 is 5.82 Å². The predicted molar refractivity (Wildman–Crippen MR) is 62.6 cm³/mol. The summed E-state index contributed by atoms with van der Waals surface area (Å²) in [7, 11) is 0. The van der Waals surface area contributed by atoms with Crippen molar-refractivity contribution >= 4 is 5.82 Å². The average molecular weight is 216 g/mol. The lowest BCUT2D eigenvalue weighted by Crippen LogP contribution is -1.97. The summed E-state index contributed by atoms with van der Waals surface area (Å²) in [5.74, 6) is -0.502. The molecule has 1 heterocycles. The van der Waals surface area contributed by atoms with E-state index in [1.165, 1.54) is 11.6 Å². The topological polar surface area (TPSA) is 38.9 Å². The van der Waals surface area contributed by atoms with Crippen LogP contribution >= 0.6 is 0 Å². The van der Waals surface area contributed by atoms with Gasteiger partial charge < -0.3 is 5.73 Å². The Morgan fingerprint density at radius 2 is 2.06 bits per heavy atom. The molecule has 0 saturated heterocycles. The van der Waals surface area contributed by atoms with Gasteiger partial charge in [-0.25, -0.2) is 9.37 Å². The molecule has 2 rings (SSSR count). The Hall–Kier alpha value is -1.90. The molecule has 0 radical (unpaired) electrons. The molecule has 3 heteroatoms. The third kappa shape index (κ3) is 2.37. The van der Waals surface area contributed by atoms with Crippen LogP contribution < -0.4 is 5.73 Å². The van der Waals surface area contributed by atoms with E-state index in [4.69, 9.17) is 5.73 Å². The molecule has 0 amide bonds. The molecule has 82 valence electrons. The van der Waals surface area contributed by atoms with Crippen LogP contribution in [-0.4, -0.2) is 4.98 Å². The maximum absolute atomic E-state index is 13.2. The van der Waals surface area contributed by atoms with Crippen LogP contribution in [0.2, 0.25) is 0 Å². The number of nitrogen functional groups attached to an aromatic ring is 1. The summed E-state index contributed by atoms with van der Waals surface area (Å²) < 4.78 is 13.2. The number of hydrogen-bond donors (Lipinski definition) is 1. The Kier molecular flexibility index (Phi) is 2.86. The van der Waals surface area contributed by atoms with E-state index in [1.54, 1.807) is 6.20 Å².